The number of rotatable bonds is 7. The van der Waals surface area contributed by atoms with Crippen molar-refractivity contribution in [3.63, 3.8) is 0 Å². The second-order valence-corrected chi connectivity index (χ2v) is 4.47. The lowest BCUT2D eigenvalue weighted by atomic mass is 10.1. The Labute approximate surface area is 108 Å². The lowest BCUT2D eigenvalue weighted by Crippen LogP contribution is -2.27. The summed E-state index contributed by atoms with van der Waals surface area (Å²) in [5.74, 6) is 0. The summed E-state index contributed by atoms with van der Waals surface area (Å²) in [4.78, 5) is 10.9. The molecule has 0 radical (unpaired) electrons. The molecule has 102 valence electrons. The molecular formula is C12H22N4O2. The second-order valence-electron chi connectivity index (χ2n) is 4.47. The van der Waals surface area contributed by atoms with Crippen LogP contribution in [0.4, 0.5) is 5.69 Å². The van der Waals surface area contributed by atoms with Gasteiger partial charge in [0.1, 0.15) is 11.4 Å². The molecule has 0 aliphatic rings. The molecule has 0 saturated carbocycles. The van der Waals surface area contributed by atoms with E-state index in [2.05, 4.69) is 17.3 Å². The molecule has 0 aromatic carbocycles. The van der Waals surface area contributed by atoms with E-state index in [-0.39, 0.29) is 16.7 Å². The van der Waals surface area contributed by atoms with Crippen LogP contribution in [0.25, 0.3) is 0 Å². The molecule has 1 aromatic heterocycles. The largest absolute Gasteiger partial charge is 0.317 e. The molecule has 1 aromatic rings. The van der Waals surface area contributed by atoms with Crippen LogP contribution in [0.2, 0.25) is 0 Å². The summed E-state index contributed by atoms with van der Waals surface area (Å²) in [6.07, 6.45) is 3.08. The monoisotopic (exact) mass is 254 g/mol. The number of aryl methyl sites for hydroxylation is 2. The predicted molar refractivity (Wildman–Crippen MR) is 70.7 cm³/mol. The maximum Gasteiger partial charge on any atom is 0.313 e. The number of nitro groups is 1. The number of hydrogen-bond acceptors (Lipinski definition) is 4. The van der Waals surface area contributed by atoms with Crippen molar-refractivity contribution in [2.45, 2.75) is 45.6 Å². The van der Waals surface area contributed by atoms with Crippen LogP contribution in [0.5, 0.6) is 0 Å². The summed E-state index contributed by atoms with van der Waals surface area (Å²) in [5, 5.41) is 18.7. The standard InChI is InChI=1S/C12H22N4O2/c1-5-7-10-12(16(17)18)11(15(4)14-10)8-9(6-2)13-3/h9,13H,5-8H2,1-4H3. The van der Waals surface area contributed by atoms with Crippen molar-refractivity contribution in [2.24, 2.45) is 7.05 Å². The molecule has 18 heavy (non-hydrogen) atoms. The number of likely N-dealkylation sites (N-methyl/N-ethyl adjacent to an activating group) is 1. The first-order valence-electron chi connectivity index (χ1n) is 6.41. The Morgan fingerprint density at radius 1 is 1.50 bits per heavy atom. The van der Waals surface area contributed by atoms with Crippen LogP contribution in [0.1, 0.15) is 38.1 Å². The van der Waals surface area contributed by atoms with Gasteiger partial charge in [-0.3, -0.25) is 14.8 Å². The number of nitrogens with zero attached hydrogens (tertiary/aromatic N) is 3. The van der Waals surface area contributed by atoms with Crippen LogP contribution < -0.4 is 5.32 Å². The van der Waals surface area contributed by atoms with Crippen LogP contribution in [-0.4, -0.2) is 27.8 Å². The van der Waals surface area contributed by atoms with Crippen molar-refractivity contribution in [1.29, 1.82) is 0 Å². The maximum absolute atomic E-state index is 11.2. The number of nitrogens with one attached hydrogen (secondary N) is 1. The van der Waals surface area contributed by atoms with E-state index in [0.29, 0.717) is 24.2 Å². The van der Waals surface area contributed by atoms with Crippen LogP contribution in [0.3, 0.4) is 0 Å². The molecule has 6 heteroatoms. The molecule has 6 nitrogen and oxygen atoms in total. The van der Waals surface area contributed by atoms with Crippen molar-refractivity contribution in [1.82, 2.24) is 15.1 Å². The molecule has 1 heterocycles. The first-order chi connectivity index (χ1) is 8.54. The van der Waals surface area contributed by atoms with E-state index in [1.165, 1.54) is 0 Å². The Hall–Kier alpha value is -1.43. The zero-order valence-corrected chi connectivity index (χ0v) is 11.6. The third-order valence-corrected chi connectivity index (χ3v) is 3.22. The summed E-state index contributed by atoms with van der Waals surface area (Å²) in [6.45, 7) is 4.07. The van der Waals surface area contributed by atoms with E-state index in [1.807, 2.05) is 14.0 Å². The molecule has 1 unspecified atom stereocenters. The molecule has 0 spiro atoms. The van der Waals surface area contributed by atoms with Crippen molar-refractivity contribution in [2.75, 3.05) is 7.05 Å². The lowest BCUT2D eigenvalue weighted by molar-refractivity contribution is -0.386. The third kappa shape index (κ3) is 3.07. The van der Waals surface area contributed by atoms with Gasteiger partial charge in [0.15, 0.2) is 0 Å². The SMILES string of the molecule is CCCc1nn(C)c(CC(CC)NC)c1[N+](=O)[O-]. The highest BCUT2D eigenvalue weighted by Gasteiger charge is 2.26. The van der Waals surface area contributed by atoms with Crippen LogP contribution in [0, 0.1) is 10.1 Å². The average molecular weight is 254 g/mol. The fourth-order valence-corrected chi connectivity index (χ4v) is 2.14. The highest BCUT2D eigenvalue weighted by molar-refractivity contribution is 5.41. The quantitative estimate of drug-likeness (QED) is 0.595. The average Bonchev–Trinajstić information content (AvgIpc) is 2.63. The van der Waals surface area contributed by atoms with Crippen molar-refractivity contribution < 1.29 is 4.92 Å². The molecule has 1 rings (SSSR count). The van der Waals surface area contributed by atoms with Gasteiger partial charge in [-0.05, 0) is 19.9 Å². The minimum absolute atomic E-state index is 0.202. The van der Waals surface area contributed by atoms with Crippen LogP contribution in [0.15, 0.2) is 0 Å². The zero-order chi connectivity index (χ0) is 13.7. The molecule has 0 bridgehead atoms. The van der Waals surface area contributed by atoms with Gasteiger partial charge in [0.25, 0.3) is 0 Å². The van der Waals surface area contributed by atoms with Gasteiger partial charge in [-0.25, -0.2) is 0 Å². The summed E-state index contributed by atoms with van der Waals surface area (Å²) >= 11 is 0. The molecule has 0 fully saturated rings. The number of aromatic nitrogens is 2. The first-order valence-corrected chi connectivity index (χ1v) is 6.41. The summed E-state index contributed by atoms with van der Waals surface area (Å²) in [6, 6.07) is 0.244. The van der Waals surface area contributed by atoms with Gasteiger partial charge in [0, 0.05) is 19.5 Å². The van der Waals surface area contributed by atoms with Gasteiger partial charge >= 0.3 is 5.69 Å². The Bertz CT molecular complexity index is 410. The lowest BCUT2D eigenvalue weighted by Gasteiger charge is -2.12. The molecule has 1 N–H and O–H groups in total. The van der Waals surface area contributed by atoms with Gasteiger partial charge in [-0.15, -0.1) is 0 Å². The Morgan fingerprint density at radius 3 is 2.61 bits per heavy atom. The van der Waals surface area contributed by atoms with Gasteiger partial charge in [-0.1, -0.05) is 20.3 Å². The topological polar surface area (TPSA) is 73.0 Å². The summed E-state index contributed by atoms with van der Waals surface area (Å²) < 4.78 is 1.66. The fourth-order valence-electron chi connectivity index (χ4n) is 2.14. The van der Waals surface area contributed by atoms with E-state index in [0.717, 1.165) is 12.8 Å². The molecule has 0 aliphatic heterocycles. The van der Waals surface area contributed by atoms with Crippen molar-refractivity contribution >= 4 is 5.69 Å². The van der Waals surface area contributed by atoms with E-state index in [9.17, 15) is 10.1 Å². The third-order valence-electron chi connectivity index (χ3n) is 3.22. The molecule has 0 saturated heterocycles. The minimum Gasteiger partial charge on any atom is -0.317 e. The highest BCUT2D eigenvalue weighted by atomic mass is 16.6. The van der Waals surface area contributed by atoms with Crippen molar-refractivity contribution in [3.8, 4) is 0 Å². The van der Waals surface area contributed by atoms with Crippen LogP contribution >= 0.6 is 0 Å². The van der Waals surface area contributed by atoms with Crippen LogP contribution in [-0.2, 0) is 19.9 Å². The maximum atomic E-state index is 11.2. The first kappa shape index (κ1) is 14.6. The van der Waals surface area contributed by atoms with E-state index < -0.39 is 0 Å². The Balaban J connectivity index is 3.12. The van der Waals surface area contributed by atoms with Crippen molar-refractivity contribution in [3.05, 3.63) is 21.5 Å². The highest BCUT2D eigenvalue weighted by Crippen LogP contribution is 2.25. The summed E-state index contributed by atoms with van der Waals surface area (Å²) in [5.41, 5.74) is 1.52. The normalized spacial score (nSPS) is 12.7. The zero-order valence-electron chi connectivity index (χ0n) is 11.6. The predicted octanol–water partition coefficient (Wildman–Crippen LogP) is 1.82. The Kier molecular flexibility index (Phi) is 5.27. The minimum atomic E-state index is -0.296. The Morgan fingerprint density at radius 2 is 2.17 bits per heavy atom. The van der Waals surface area contributed by atoms with Gasteiger partial charge < -0.3 is 5.32 Å². The van der Waals surface area contributed by atoms with E-state index in [1.54, 1.807) is 11.7 Å². The number of hydrogen-bond donors (Lipinski definition) is 1. The fraction of sp³-hybridized carbons (Fsp3) is 0.750. The molecule has 0 aliphatic carbocycles. The van der Waals surface area contributed by atoms with E-state index in [4.69, 9.17) is 0 Å². The van der Waals surface area contributed by atoms with Gasteiger partial charge in [0.2, 0.25) is 0 Å². The molecule has 1 atom stereocenters. The van der Waals surface area contributed by atoms with E-state index >= 15 is 0 Å². The van der Waals surface area contributed by atoms with Gasteiger partial charge in [-0.2, -0.15) is 5.10 Å². The molecular weight excluding hydrogens is 232 g/mol. The molecule has 0 amide bonds. The second kappa shape index (κ2) is 6.49. The summed E-state index contributed by atoms with van der Waals surface area (Å²) in [7, 11) is 3.66. The smallest absolute Gasteiger partial charge is 0.313 e. The van der Waals surface area contributed by atoms with Gasteiger partial charge in [0.05, 0.1) is 4.92 Å².